The maximum Gasteiger partial charge on any atom is 0.309 e. The smallest absolute Gasteiger partial charge is 0.309 e. The van der Waals surface area contributed by atoms with Crippen LogP contribution in [0, 0.1) is 5.92 Å². The molecule has 0 aliphatic rings. The number of ether oxygens (including phenoxy) is 1. The Bertz CT molecular complexity index is 274. The van der Waals surface area contributed by atoms with Gasteiger partial charge in [0.2, 0.25) is 0 Å². The van der Waals surface area contributed by atoms with Crippen LogP contribution in [-0.4, -0.2) is 23.1 Å². The molecule has 0 saturated heterocycles. The Morgan fingerprint density at radius 3 is 2.05 bits per heavy atom. The molecule has 0 spiro atoms. The fraction of sp³-hybridized carbons (Fsp3) is 0.875. The fourth-order valence-electron chi connectivity index (χ4n) is 2.19. The number of esters is 1. The minimum atomic E-state index is -0.932. The molecule has 0 bridgehead atoms. The molecule has 0 rings (SSSR count). The van der Waals surface area contributed by atoms with Gasteiger partial charge in [-0.05, 0) is 20.3 Å². The quantitative estimate of drug-likeness (QED) is 0.432. The van der Waals surface area contributed by atoms with E-state index in [9.17, 15) is 9.59 Å². The first-order chi connectivity index (χ1) is 9.47. The minimum absolute atomic E-state index is 0.124. The van der Waals surface area contributed by atoms with Crippen molar-refractivity contribution in [3.8, 4) is 0 Å². The molecule has 20 heavy (non-hydrogen) atoms. The van der Waals surface area contributed by atoms with Gasteiger partial charge in [-0.15, -0.1) is 0 Å². The second-order valence-electron chi connectivity index (χ2n) is 5.69. The summed E-state index contributed by atoms with van der Waals surface area (Å²) in [6.07, 6.45) is 8.45. The molecule has 0 amide bonds. The minimum Gasteiger partial charge on any atom is -0.481 e. The predicted molar refractivity (Wildman–Crippen MR) is 79.6 cm³/mol. The van der Waals surface area contributed by atoms with Gasteiger partial charge in [-0.3, -0.25) is 9.59 Å². The van der Waals surface area contributed by atoms with E-state index >= 15 is 0 Å². The lowest BCUT2D eigenvalue weighted by molar-refractivity contribution is -0.156. The van der Waals surface area contributed by atoms with Crippen LogP contribution in [0.15, 0.2) is 0 Å². The zero-order valence-corrected chi connectivity index (χ0v) is 13.2. The van der Waals surface area contributed by atoms with Crippen LogP contribution in [0.3, 0.4) is 0 Å². The number of unbranched alkanes of at least 4 members (excludes halogenated alkanes) is 6. The van der Waals surface area contributed by atoms with Crippen molar-refractivity contribution in [1.82, 2.24) is 0 Å². The van der Waals surface area contributed by atoms with Crippen molar-refractivity contribution in [2.45, 2.75) is 84.7 Å². The van der Waals surface area contributed by atoms with Gasteiger partial charge in [0.25, 0.3) is 0 Å². The zero-order valence-electron chi connectivity index (χ0n) is 13.2. The average Bonchev–Trinajstić information content (AvgIpc) is 2.35. The van der Waals surface area contributed by atoms with Crippen molar-refractivity contribution in [2.24, 2.45) is 5.92 Å². The third-order valence-corrected chi connectivity index (χ3v) is 3.26. The number of carbonyl (C=O) groups is 2. The van der Waals surface area contributed by atoms with E-state index in [1.807, 2.05) is 0 Å². The van der Waals surface area contributed by atoms with E-state index in [2.05, 4.69) is 6.92 Å². The first-order valence-electron chi connectivity index (χ1n) is 7.89. The third kappa shape index (κ3) is 10.8. The second-order valence-corrected chi connectivity index (χ2v) is 5.69. The lowest BCUT2D eigenvalue weighted by atomic mass is 9.97. The van der Waals surface area contributed by atoms with E-state index in [0.717, 1.165) is 12.8 Å². The van der Waals surface area contributed by atoms with Gasteiger partial charge in [-0.2, -0.15) is 0 Å². The Labute approximate surface area is 122 Å². The SMILES string of the molecule is CCCCCCCCCC(CC(=O)O)C(=O)OC(C)C. The highest BCUT2D eigenvalue weighted by molar-refractivity contribution is 5.79. The standard InChI is InChI=1S/C16H30O4/c1-4-5-6-7-8-9-10-11-14(12-15(17)18)16(19)20-13(2)3/h13-14H,4-12H2,1-3H3,(H,17,18). The molecule has 1 unspecified atom stereocenters. The summed E-state index contributed by atoms with van der Waals surface area (Å²) in [7, 11) is 0. The lowest BCUT2D eigenvalue weighted by Gasteiger charge is -2.16. The van der Waals surface area contributed by atoms with Crippen LogP contribution in [0.1, 0.15) is 78.6 Å². The maximum absolute atomic E-state index is 11.8. The molecule has 0 fully saturated rings. The summed E-state index contributed by atoms with van der Waals surface area (Å²) in [6, 6.07) is 0. The molecule has 4 nitrogen and oxygen atoms in total. The fourth-order valence-corrected chi connectivity index (χ4v) is 2.19. The highest BCUT2D eigenvalue weighted by Gasteiger charge is 2.23. The van der Waals surface area contributed by atoms with Gasteiger partial charge in [-0.25, -0.2) is 0 Å². The molecule has 0 aliphatic heterocycles. The first kappa shape index (κ1) is 18.9. The van der Waals surface area contributed by atoms with Crippen molar-refractivity contribution in [2.75, 3.05) is 0 Å². The number of rotatable bonds is 12. The van der Waals surface area contributed by atoms with Crippen LogP contribution in [-0.2, 0) is 14.3 Å². The highest BCUT2D eigenvalue weighted by Crippen LogP contribution is 2.18. The molecule has 0 aromatic rings. The van der Waals surface area contributed by atoms with Gasteiger partial charge in [0.1, 0.15) is 0 Å². The first-order valence-corrected chi connectivity index (χ1v) is 7.89. The molecule has 0 heterocycles. The van der Waals surface area contributed by atoms with E-state index in [1.165, 1.54) is 32.1 Å². The van der Waals surface area contributed by atoms with Gasteiger partial charge in [0.15, 0.2) is 0 Å². The molecule has 0 aromatic heterocycles. The van der Waals surface area contributed by atoms with E-state index in [4.69, 9.17) is 9.84 Å². The second kappa shape index (κ2) is 11.7. The normalized spacial score (nSPS) is 12.4. The maximum atomic E-state index is 11.8. The molecule has 0 radical (unpaired) electrons. The Kier molecular flexibility index (Phi) is 11.1. The lowest BCUT2D eigenvalue weighted by Crippen LogP contribution is -2.23. The molecular weight excluding hydrogens is 256 g/mol. The summed E-state index contributed by atoms with van der Waals surface area (Å²) in [4.78, 5) is 22.6. The van der Waals surface area contributed by atoms with Crippen LogP contribution < -0.4 is 0 Å². The van der Waals surface area contributed by atoms with Gasteiger partial charge < -0.3 is 9.84 Å². The molecule has 118 valence electrons. The summed E-state index contributed by atoms with van der Waals surface area (Å²) in [5.74, 6) is -1.79. The summed E-state index contributed by atoms with van der Waals surface area (Å²) in [5.41, 5.74) is 0. The molecule has 4 heteroatoms. The van der Waals surface area contributed by atoms with E-state index in [-0.39, 0.29) is 18.5 Å². The van der Waals surface area contributed by atoms with Crippen LogP contribution in [0.2, 0.25) is 0 Å². The largest absolute Gasteiger partial charge is 0.481 e. The Morgan fingerprint density at radius 1 is 1.00 bits per heavy atom. The van der Waals surface area contributed by atoms with Gasteiger partial charge in [0.05, 0.1) is 18.4 Å². The average molecular weight is 286 g/mol. The summed E-state index contributed by atoms with van der Waals surface area (Å²) >= 11 is 0. The molecule has 0 aliphatic carbocycles. The Balaban J connectivity index is 3.92. The number of carbonyl (C=O) groups excluding carboxylic acids is 1. The van der Waals surface area contributed by atoms with Crippen LogP contribution in [0.25, 0.3) is 0 Å². The van der Waals surface area contributed by atoms with Crippen molar-refractivity contribution in [1.29, 1.82) is 0 Å². The van der Waals surface area contributed by atoms with Crippen molar-refractivity contribution in [3.05, 3.63) is 0 Å². The van der Waals surface area contributed by atoms with Gasteiger partial charge in [0, 0.05) is 0 Å². The number of carboxylic acids is 1. The van der Waals surface area contributed by atoms with Crippen molar-refractivity contribution < 1.29 is 19.4 Å². The number of hydrogen-bond donors (Lipinski definition) is 1. The van der Waals surface area contributed by atoms with E-state index in [1.54, 1.807) is 13.8 Å². The predicted octanol–water partition coefficient (Wildman–Crippen LogP) is 4.17. The number of hydrogen-bond acceptors (Lipinski definition) is 3. The van der Waals surface area contributed by atoms with Crippen LogP contribution in [0.5, 0.6) is 0 Å². The summed E-state index contributed by atoms with van der Waals surface area (Å²) < 4.78 is 5.12. The monoisotopic (exact) mass is 286 g/mol. The molecule has 0 saturated carbocycles. The Hall–Kier alpha value is -1.06. The molecule has 0 aromatic carbocycles. The Morgan fingerprint density at radius 2 is 1.55 bits per heavy atom. The molecule has 1 N–H and O–H groups in total. The van der Waals surface area contributed by atoms with Crippen molar-refractivity contribution >= 4 is 11.9 Å². The zero-order chi connectivity index (χ0) is 15.4. The van der Waals surface area contributed by atoms with Gasteiger partial charge in [-0.1, -0.05) is 51.9 Å². The van der Waals surface area contributed by atoms with E-state index < -0.39 is 11.9 Å². The number of aliphatic carboxylic acids is 1. The van der Waals surface area contributed by atoms with Crippen LogP contribution >= 0.6 is 0 Å². The van der Waals surface area contributed by atoms with E-state index in [0.29, 0.717) is 6.42 Å². The van der Waals surface area contributed by atoms with Gasteiger partial charge >= 0.3 is 11.9 Å². The third-order valence-electron chi connectivity index (χ3n) is 3.26. The molecule has 1 atom stereocenters. The summed E-state index contributed by atoms with van der Waals surface area (Å²) in [5, 5.41) is 8.86. The number of carboxylic acid groups (broad SMARTS) is 1. The molecular formula is C16H30O4. The van der Waals surface area contributed by atoms with Crippen LogP contribution in [0.4, 0.5) is 0 Å². The highest BCUT2D eigenvalue weighted by atomic mass is 16.5. The topological polar surface area (TPSA) is 63.6 Å². The summed E-state index contributed by atoms with van der Waals surface area (Å²) in [6.45, 7) is 5.75. The van der Waals surface area contributed by atoms with Crippen molar-refractivity contribution in [3.63, 3.8) is 0 Å².